The Balaban J connectivity index is -0.000000259. The van der Waals surface area contributed by atoms with E-state index < -0.39 is 25.9 Å². The number of nitrogens with two attached hydrogens (primary N) is 4. The number of rotatable bonds is 3. The number of ether oxygens (including phenoxy) is 2. The Morgan fingerprint density at radius 2 is 1.04 bits per heavy atom. The molecule has 0 aliphatic heterocycles. The molecular weight excluding hydrogens is 689 g/mol. The Morgan fingerprint density at radius 3 is 1.22 bits per heavy atom. The van der Waals surface area contributed by atoms with Crippen molar-refractivity contribution in [2.45, 2.75) is 0 Å². The third kappa shape index (κ3) is 46.1. The Kier molecular flexibility index (Phi) is 26.5. The van der Waals surface area contributed by atoms with Crippen LogP contribution >= 0.6 is 0 Å². The number of H-pyrrole nitrogens is 2. The van der Waals surface area contributed by atoms with E-state index in [1.807, 2.05) is 0 Å². The number of aromatic nitrogens is 4. The van der Waals surface area contributed by atoms with Gasteiger partial charge in [0.25, 0.3) is 12.0 Å². The van der Waals surface area contributed by atoms with Crippen LogP contribution in [0.5, 0.6) is 0 Å². The van der Waals surface area contributed by atoms with Gasteiger partial charge in [-0.2, -0.15) is 0 Å². The first-order valence-electron chi connectivity index (χ1n) is 10.8. The average molecular weight is 718 g/mol. The molecule has 0 bridgehead atoms. The van der Waals surface area contributed by atoms with Crippen LogP contribution in [0, 0.1) is 10.8 Å². The summed E-state index contributed by atoms with van der Waals surface area (Å²) in [7, 11) is -9.33. The zero-order valence-electron chi connectivity index (χ0n) is 22.9. The molecule has 0 spiro atoms. The molecule has 0 saturated carbocycles. The monoisotopic (exact) mass is 717 g/mol. The standard InChI is InChI=1S/C8H18N8O2.2C4H5N3O.2BF4.Cu/c1-17-7(11)15-5(9)13-3-4-14-6(10)16-8(12)18-2;2*5-3-1-2-6-4(8)7-3;2*2-1(3,4)5;/h3-4H2,1-2H3,(H4,9,11,13,15)(H4,10,12,14,16);2*1-2H,(H3,5,6,7,8);;;/q;;;2*-1;+2. The molecule has 2 aromatic rings. The normalized spacial score (nSPS) is 10.5. The molecule has 45 heavy (non-hydrogen) atoms. The molecule has 0 aliphatic rings. The number of aliphatic imine (C=N–C) groups is 2. The fourth-order valence-electron chi connectivity index (χ4n) is 1.52. The molecule has 2 heterocycles. The second-order valence-corrected chi connectivity index (χ2v) is 6.50. The van der Waals surface area contributed by atoms with E-state index in [1.165, 1.54) is 38.7 Å². The molecule has 14 N–H and O–H groups in total. The van der Waals surface area contributed by atoms with Crippen molar-refractivity contribution in [1.82, 2.24) is 30.6 Å². The summed E-state index contributed by atoms with van der Waals surface area (Å²) in [5, 5.41) is 19.0. The quantitative estimate of drug-likeness (QED) is 0.0617. The summed E-state index contributed by atoms with van der Waals surface area (Å²) in [5.41, 5.74) is 20.4. The number of guanidine groups is 2. The van der Waals surface area contributed by atoms with Crippen LogP contribution in [0.2, 0.25) is 0 Å². The van der Waals surface area contributed by atoms with Crippen molar-refractivity contribution in [3.8, 4) is 0 Å². The summed E-state index contributed by atoms with van der Waals surface area (Å²) in [4.78, 5) is 39.5. The number of hydrogen-bond acceptors (Lipinski definition) is 12. The van der Waals surface area contributed by atoms with Gasteiger partial charge >= 0.3 is 43.0 Å². The number of amidine groups is 2. The zero-order valence-corrected chi connectivity index (χ0v) is 23.9. The number of halogens is 8. The fraction of sp³-hybridized carbons (Fsp3) is 0.250. The van der Waals surface area contributed by atoms with E-state index in [9.17, 15) is 44.1 Å². The predicted octanol–water partition coefficient (Wildman–Crippen LogP) is -0.741. The molecular formula is C16H28B2CuF8N14O4. The molecule has 2 rings (SSSR count). The van der Waals surface area contributed by atoms with Crippen LogP contribution in [0.4, 0.5) is 46.2 Å². The van der Waals surface area contributed by atoms with Gasteiger partial charge in [-0.15, -0.1) is 0 Å². The molecule has 0 aromatic carbocycles. The summed E-state index contributed by atoms with van der Waals surface area (Å²) in [6.07, 6.45) is 2.71. The SMILES string of the molecule is COC(=N)NC(N)=NCCN=C(N)NC(=N)OC.F[B-](F)(F)F.F[B-](F)(F)F.Nc1ccnc(=O)[nH]1.Nc1ccnc(=O)[nH]1.[Cu+2]. The van der Waals surface area contributed by atoms with Gasteiger partial charge in [0.1, 0.15) is 11.6 Å². The molecule has 0 fully saturated rings. The molecule has 2 aromatic heterocycles. The molecule has 1 radical (unpaired) electrons. The summed E-state index contributed by atoms with van der Waals surface area (Å²) in [6, 6.07) is 2.63. The first-order valence-corrected chi connectivity index (χ1v) is 10.8. The summed E-state index contributed by atoms with van der Waals surface area (Å²) in [6.45, 7) is 0.553. The molecule has 0 amide bonds. The van der Waals surface area contributed by atoms with Gasteiger partial charge < -0.3 is 66.9 Å². The maximum absolute atomic E-state index is 10.2. The third-order valence-electron chi connectivity index (χ3n) is 2.95. The van der Waals surface area contributed by atoms with Crippen LogP contribution in [0.1, 0.15) is 0 Å². The van der Waals surface area contributed by atoms with E-state index in [0.717, 1.165) is 0 Å². The smallest absolute Gasteiger partial charge is 0.468 e. The van der Waals surface area contributed by atoms with Gasteiger partial charge in [0, 0.05) is 12.4 Å². The zero-order chi connectivity index (χ0) is 34.9. The predicted molar refractivity (Wildman–Crippen MR) is 148 cm³/mol. The van der Waals surface area contributed by atoms with Crippen molar-refractivity contribution in [3.63, 3.8) is 0 Å². The van der Waals surface area contributed by atoms with Gasteiger partial charge in [-0.05, 0) is 12.1 Å². The Labute approximate surface area is 258 Å². The maximum atomic E-state index is 10.2. The van der Waals surface area contributed by atoms with Gasteiger partial charge in [0.2, 0.25) is 0 Å². The number of nitrogen functional groups attached to an aromatic ring is 2. The molecule has 0 unspecified atom stereocenters. The van der Waals surface area contributed by atoms with Crippen molar-refractivity contribution in [1.29, 1.82) is 10.8 Å². The molecule has 0 atom stereocenters. The summed E-state index contributed by atoms with van der Waals surface area (Å²) < 4.78 is 87.1. The van der Waals surface area contributed by atoms with Crippen LogP contribution in [0.3, 0.4) is 0 Å². The minimum absolute atomic E-state index is 0. The largest absolute Gasteiger partial charge is 2.00 e. The Bertz CT molecular complexity index is 1190. The minimum Gasteiger partial charge on any atom is -0.468 e. The maximum Gasteiger partial charge on any atom is 2.00 e. The van der Waals surface area contributed by atoms with E-state index in [0.29, 0.717) is 11.6 Å². The first-order chi connectivity index (χ1) is 20.1. The van der Waals surface area contributed by atoms with Gasteiger partial charge in [-0.3, -0.25) is 41.4 Å². The van der Waals surface area contributed by atoms with Crippen LogP contribution in [-0.4, -0.2) is 85.7 Å². The molecule has 0 saturated heterocycles. The minimum atomic E-state index is -6.00. The van der Waals surface area contributed by atoms with E-state index >= 15 is 0 Å². The Morgan fingerprint density at radius 1 is 0.778 bits per heavy atom. The van der Waals surface area contributed by atoms with Gasteiger partial charge in [-0.25, -0.2) is 19.6 Å². The van der Waals surface area contributed by atoms with Crippen molar-refractivity contribution in [3.05, 3.63) is 45.5 Å². The topological polar surface area (TPSA) is 311 Å². The molecule has 18 nitrogen and oxygen atoms in total. The molecule has 29 heteroatoms. The van der Waals surface area contributed by atoms with E-state index in [4.69, 9.17) is 33.8 Å². The number of nitrogens with zero attached hydrogens (tertiary/aromatic N) is 4. The van der Waals surface area contributed by atoms with Crippen LogP contribution in [0.15, 0.2) is 44.1 Å². The summed E-state index contributed by atoms with van der Waals surface area (Å²) in [5.74, 6) is 0.774. The van der Waals surface area contributed by atoms with E-state index in [1.54, 1.807) is 0 Å². The Hall–Kier alpha value is -5.07. The fourth-order valence-corrected chi connectivity index (χ4v) is 1.52. The van der Waals surface area contributed by atoms with Crippen molar-refractivity contribution in [2.24, 2.45) is 21.5 Å². The number of aromatic amines is 2. The number of hydrogen-bond donors (Lipinski definition) is 10. The average Bonchev–Trinajstić information content (AvgIpc) is 2.85. The third-order valence-corrected chi connectivity index (χ3v) is 2.95. The van der Waals surface area contributed by atoms with E-state index in [2.05, 4.69) is 50.0 Å². The summed E-state index contributed by atoms with van der Waals surface area (Å²) >= 11 is 0. The van der Waals surface area contributed by atoms with Crippen LogP contribution in [0.25, 0.3) is 0 Å². The van der Waals surface area contributed by atoms with Gasteiger partial charge in [-0.1, -0.05) is 0 Å². The molecule has 0 aliphatic carbocycles. The van der Waals surface area contributed by atoms with Crippen LogP contribution in [-0.2, 0) is 26.5 Å². The number of nitrogens with one attached hydrogen (secondary N) is 6. The second kappa shape index (κ2) is 25.4. The van der Waals surface area contributed by atoms with Crippen molar-refractivity contribution < 1.29 is 61.1 Å². The van der Waals surface area contributed by atoms with E-state index in [-0.39, 0.29) is 54.1 Å². The van der Waals surface area contributed by atoms with Crippen molar-refractivity contribution >= 4 is 50.1 Å². The first kappa shape index (κ1) is 46.9. The second-order valence-electron chi connectivity index (χ2n) is 6.50. The van der Waals surface area contributed by atoms with Crippen molar-refractivity contribution in [2.75, 3.05) is 38.8 Å². The number of methoxy groups -OCH3 is 2. The van der Waals surface area contributed by atoms with Gasteiger partial charge in [0.15, 0.2) is 11.9 Å². The number of anilines is 2. The van der Waals surface area contributed by atoms with Gasteiger partial charge in [0.05, 0.1) is 27.3 Å². The van der Waals surface area contributed by atoms with Crippen LogP contribution < -0.4 is 44.9 Å². The molecule has 259 valence electrons.